The molecule has 7 heteroatoms. The molecule has 0 atom stereocenters. The summed E-state index contributed by atoms with van der Waals surface area (Å²) < 4.78 is 7.49. The first-order valence-corrected chi connectivity index (χ1v) is 7.51. The fraction of sp³-hybridized carbons (Fsp3) is 0.118. The number of benzene rings is 1. The zero-order valence-electron chi connectivity index (χ0n) is 12.8. The first-order valence-electron chi connectivity index (χ1n) is 7.51. The molecular weight excluding hydrogens is 306 g/mol. The second kappa shape index (κ2) is 6.13. The van der Waals surface area contributed by atoms with Crippen LogP contribution in [0.4, 0.5) is 0 Å². The van der Waals surface area contributed by atoms with E-state index in [1.807, 2.05) is 41.1 Å². The van der Waals surface area contributed by atoms with Crippen LogP contribution in [0.3, 0.4) is 0 Å². The SMILES string of the molecule is OCc1ccc(-c2nccn2Cc2cnn(-c3ccccc3)n2)o1. The van der Waals surface area contributed by atoms with Gasteiger partial charge in [-0.15, -0.1) is 0 Å². The summed E-state index contributed by atoms with van der Waals surface area (Å²) in [4.78, 5) is 5.93. The Balaban J connectivity index is 1.59. The number of furan rings is 1. The highest BCUT2D eigenvalue weighted by Crippen LogP contribution is 2.21. The minimum atomic E-state index is -0.133. The van der Waals surface area contributed by atoms with Crippen LogP contribution in [-0.4, -0.2) is 29.7 Å². The first kappa shape index (κ1) is 14.4. The molecule has 3 heterocycles. The minimum absolute atomic E-state index is 0.133. The van der Waals surface area contributed by atoms with E-state index >= 15 is 0 Å². The molecule has 24 heavy (non-hydrogen) atoms. The van der Waals surface area contributed by atoms with Crippen molar-refractivity contribution >= 4 is 0 Å². The lowest BCUT2D eigenvalue weighted by atomic mass is 10.3. The predicted molar refractivity (Wildman–Crippen MR) is 86.3 cm³/mol. The molecule has 0 spiro atoms. The zero-order chi connectivity index (χ0) is 16.4. The molecule has 0 saturated carbocycles. The maximum Gasteiger partial charge on any atom is 0.176 e. The molecule has 0 fully saturated rings. The molecule has 120 valence electrons. The normalized spacial score (nSPS) is 11.0. The zero-order valence-corrected chi connectivity index (χ0v) is 12.8. The van der Waals surface area contributed by atoms with E-state index in [4.69, 9.17) is 9.52 Å². The highest BCUT2D eigenvalue weighted by atomic mass is 16.4. The van der Waals surface area contributed by atoms with E-state index in [0.717, 1.165) is 11.4 Å². The molecule has 0 aliphatic carbocycles. The third-order valence-corrected chi connectivity index (χ3v) is 3.61. The van der Waals surface area contributed by atoms with E-state index in [9.17, 15) is 0 Å². The largest absolute Gasteiger partial charge is 0.455 e. The van der Waals surface area contributed by atoms with Gasteiger partial charge in [0.1, 0.15) is 18.1 Å². The third kappa shape index (κ3) is 2.72. The minimum Gasteiger partial charge on any atom is -0.455 e. The van der Waals surface area contributed by atoms with Crippen molar-refractivity contribution in [1.82, 2.24) is 24.5 Å². The van der Waals surface area contributed by atoms with Gasteiger partial charge in [-0.2, -0.15) is 15.0 Å². The van der Waals surface area contributed by atoms with Crippen LogP contribution in [-0.2, 0) is 13.2 Å². The Labute approximate surface area is 137 Å². The molecule has 0 aliphatic heterocycles. The van der Waals surface area contributed by atoms with Gasteiger partial charge in [0, 0.05) is 12.4 Å². The Morgan fingerprint density at radius 3 is 2.75 bits per heavy atom. The number of rotatable bonds is 5. The summed E-state index contributed by atoms with van der Waals surface area (Å²) in [5.74, 6) is 1.80. The van der Waals surface area contributed by atoms with Crippen LogP contribution < -0.4 is 0 Å². The molecule has 3 aromatic heterocycles. The van der Waals surface area contributed by atoms with Gasteiger partial charge in [-0.1, -0.05) is 18.2 Å². The molecule has 1 N–H and O–H groups in total. The average Bonchev–Trinajstić information content (AvgIpc) is 3.36. The summed E-state index contributed by atoms with van der Waals surface area (Å²) in [7, 11) is 0. The number of imidazole rings is 1. The van der Waals surface area contributed by atoms with E-state index in [1.165, 1.54) is 0 Å². The lowest BCUT2D eigenvalue weighted by molar-refractivity contribution is 0.248. The van der Waals surface area contributed by atoms with E-state index in [0.29, 0.717) is 23.9 Å². The van der Waals surface area contributed by atoms with Crippen LogP contribution in [0, 0.1) is 0 Å². The van der Waals surface area contributed by atoms with E-state index in [1.54, 1.807) is 29.3 Å². The maximum absolute atomic E-state index is 9.12. The number of hydrogen-bond acceptors (Lipinski definition) is 5. The number of para-hydroxylation sites is 1. The first-order chi connectivity index (χ1) is 11.8. The molecule has 0 unspecified atom stereocenters. The van der Waals surface area contributed by atoms with E-state index in [-0.39, 0.29) is 6.61 Å². The third-order valence-electron chi connectivity index (χ3n) is 3.61. The Hall–Kier alpha value is -3.19. The highest BCUT2D eigenvalue weighted by Gasteiger charge is 2.12. The summed E-state index contributed by atoms with van der Waals surface area (Å²) in [6, 6.07) is 13.3. The van der Waals surface area contributed by atoms with Crippen molar-refractivity contribution in [3.8, 4) is 17.3 Å². The Morgan fingerprint density at radius 2 is 1.96 bits per heavy atom. The smallest absolute Gasteiger partial charge is 0.176 e. The van der Waals surface area contributed by atoms with Crippen LogP contribution >= 0.6 is 0 Å². The van der Waals surface area contributed by atoms with Crippen LogP contribution in [0.15, 0.2) is 65.5 Å². The summed E-state index contributed by atoms with van der Waals surface area (Å²) in [6.45, 7) is 0.392. The molecule has 0 radical (unpaired) electrons. The number of aromatic nitrogens is 5. The van der Waals surface area contributed by atoms with Crippen LogP contribution in [0.1, 0.15) is 11.5 Å². The molecule has 0 aliphatic rings. The Morgan fingerprint density at radius 1 is 1.08 bits per heavy atom. The lowest BCUT2D eigenvalue weighted by Gasteiger charge is -2.03. The van der Waals surface area contributed by atoms with Crippen LogP contribution in [0.25, 0.3) is 17.3 Å². The van der Waals surface area contributed by atoms with Crippen molar-refractivity contribution < 1.29 is 9.52 Å². The van der Waals surface area contributed by atoms with Gasteiger partial charge in [0.15, 0.2) is 11.6 Å². The van der Waals surface area contributed by atoms with Crippen molar-refractivity contribution in [2.75, 3.05) is 0 Å². The van der Waals surface area contributed by atoms with Gasteiger partial charge in [-0.25, -0.2) is 4.98 Å². The van der Waals surface area contributed by atoms with Crippen molar-refractivity contribution in [1.29, 1.82) is 0 Å². The highest BCUT2D eigenvalue weighted by molar-refractivity contribution is 5.48. The molecule has 0 saturated heterocycles. The summed E-state index contributed by atoms with van der Waals surface area (Å²) >= 11 is 0. The van der Waals surface area contributed by atoms with E-state index in [2.05, 4.69) is 15.2 Å². The van der Waals surface area contributed by atoms with Crippen molar-refractivity contribution in [2.45, 2.75) is 13.2 Å². The van der Waals surface area contributed by atoms with Crippen LogP contribution in [0.5, 0.6) is 0 Å². The summed E-state index contributed by atoms with van der Waals surface area (Å²) in [6.07, 6.45) is 5.30. The molecule has 0 bridgehead atoms. The average molecular weight is 321 g/mol. The molecule has 4 aromatic rings. The molecular formula is C17H15N5O2. The van der Waals surface area contributed by atoms with Gasteiger partial charge >= 0.3 is 0 Å². The topological polar surface area (TPSA) is 81.9 Å². The Bertz CT molecular complexity index is 939. The van der Waals surface area contributed by atoms with Crippen LogP contribution in [0.2, 0.25) is 0 Å². The monoisotopic (exact) mass is 321 g/mol. The number of aliphatic hydroxyl groups excluding tert-OH is 1. The molecule has 4 rings (SSSR count). The molecule has 0 amide bonds. The second-order valence-corrected chi connectivity index (χ2v) is 5.26. The maximum atomic E-state index is 9.12. The summed E-state index contributed by atoms with van der Waals surface area (Å²) in [5.41, 5.74) is 1.72. The quantitative estimate of drug-likeness (QED) is 0.610. The van der Waals surface area contributed by atoms with Gasteiger partial charge in [-0.3, -0.25) is 0 Å². The summed E-state index contributed by atoms with van der Waals surface area (Å²) in [5, 5.41) is 17.9. The fourth-order valence-electron chi connectivity index (χ4n) is 2.47. The molecule has 1 aromatic carbocycles. The number of hydrogen-bond donors (Lipinski definition) is 1. The predicted octanol–water partition coefficient (Wildman–Crippen LogP) is 2.26. The van der Waals surface area contributed by atoms with Crippen molar-refractivity contribution in [2.24, 2.45) is 0 Å². The lowest BCUT2D eigenvalue weighted by Crippen LogP contribution is -2.03. The van der Waals surface area contributed by atoms with Crippen molar-refractivity contribution in [3.63, 3.8) is 0 Å². The fourth-order valence-corrected chi connectivity index (χ4v) is 2.47. The number of aliphatic hydroxyl groups is 1. The standard InChI is InChI=1S/C17H15N5O2/c23-12-15-6-7-16(24-15)17-18-8-9-21(17)11-13-10-19-22(20-13)14-4-2-1-3-5-14/h1-10,23H,11-12H2. The second-order valence-electron chi connectivity index (χ2n) is 5.26. The van der Waals surface area contributed by atoms with Gasteiger partial charge in [0.25, 0.3) is 0 Å². The van der Waals surface area contributed by atoms with Gasteiger partial charge in [0.2, 0.25) is 0 Å². The van der Waals surface area contributed by atoms with Crippen molar-refractivity contribution in [3.05, 3.63) is 72.5 Å². The Kier molecular flexibility index (Phi) is 3.68. The van der Waals surface area contributed by atoms with Gasteiger partial charge in [0.05, 0.1) is 18.4 Å². The molecule has 7 nitrogen and oxygen atoms in total. The van der Waals surface area contributed by atoms with Gasteiger partial charge in [-0.05, 0) is 24.3 Å². The van der Waals surface area contributed by atoms with Gasteiger partial charge < -0.3 is 14.1 Å². The van der Waals surface area contributed by atoms with E-state index < -0.39 is 0 Å². The number of nitrogens with zero attached hydrogens (tertiary/aromatic N) is 5.